The summed E-state index contributed by atoms with van der Waals surface area (Å²) in [5.41, 5.74) is 9.08. The summed E-state index contributed by atoms with van der Waals surface area (Å²) in [6.45, 7) is 2.30. The molecule has 1 aromatic heterocycles. The predicted molar refractivity (Wildman–Crippen MR) is 93.7 cm³/mol. The third kappa shape index (κ3) is 3.78. The molecule has 122 valence electrons. The minimum atomic E-state index is -0.328. The standard InChI is InChI=1S/C18H18FN5/c1-13-3-2-4-15(9-13)23-18(20)22-11-14-5-6-17(16(19)10-14)24-8-7-21-12-24/h2-10,12H,11H2,1H3,(H3,20,22,23). The predicted octanol–water partition coefficient (Wildman–Crippen LogP) is 3.25. The second-order valence-electron chi connectivity index (χ2n) is 5.45. The Kier molecular flexibility index (Phi) is 4.56. The van der Waals surface area contributed by atoms with E-state index >= 15 is 0 Å². The van der Waals surface area contributed by atoms with Crippen molar-refractivity contribution < 1.29 is 4.39 Å². The molecule has 0 saturated carbocycles. The maximum atomic E-state index is 14.2. The van der Waals surface area contributed by atoms with Gasteiger partial charge in [0.15, 0.2) is 5.96 Å². The Labute approximate surface area is 139 Å². The highest BCUT2D eigenvalue weighted by Gasteiger charge is 2.05. The van der Waals surface area contributed by atoms with Gasteiger partial charge in [0.2, 0.25) is 0 Å². The van der Waals surface area contributed by atoms with Crippen molar-refractivity contribution in [3.63, 3.8) is 0 Å². The number of halogens is 1. The molecule has 1 heterocycles. The van der Waals surface area contributed by atoms with Crippen LogP contribution in [0.2, 0.25) is 0 Å². The van der Waals surface area contributed by atoms with E-state index in [1.165, 1.54) is 6.07 Å². The molecule has 24 heavy (non-hydrogen) atoms. The Bertz CT molecular complexity index is 856. The molecule has 3 rings (SSSR count). The summed E-state index contributed by atoms with van der Waals surface area (Å²) in [6, 6.07) is 12.8. The first kappa shape index (κ1) is 15.7. The van der Waals surface area contributed by atoms with Gasteiger partial charge in [0.1, 0.15) is 5.82 Å². The van der Waals surface area contributed by atoms with Gasteiger partial charge in [0.25, 0.3) is 0 Å². The number of nitrogens with one attached hydrogen (secondary N) is 1. The van der Waals surface area contributed by atoms with Crippen LogP contribution < -0.4 is 11.1 Å². The van der Waals surface area contributed by atoms with Crippen molar-refractivity contribution in [2.75, 3.05) is 5.32 Å². The van der Waals surface area contributed by atoms with Gasteiger partial charge >= 0.3 is 0 Å². The Balaban J connectivity index is 1.68. The van der Waals surface area contributed by atoms with E-state index in [2.05, 4.69) is 15.3 Å². The highest BCUT2D eigenvalue weighted by Crippen LogP contribution is 2.15. The average Bonchev–Trinajstić information content (AvgIpc) is 3.07. The zero-order chi connectivity index (χ0) is 16.9. The quantitative estimate of drug-likeness (QED) is 0.572. The van der Waals surface area contributed by atoms with E-state index in [1.807, 2.05) is 37.3 Å². The number of imidazole rings is 1. The van der Waals surface area contributed by atoms with Gasteiger partial charge in [0.05, 0.1) is 18.6 Å². The average molecular weight is 323 g/mol. The lowest BCUT2D eigenvalue weighted by atomic mass is 10.2. The van der Waals surface area contributed by atoms with E-state index in [1.54, 1.807) is 29.4 Å². The first-order valence-corrected chi connectivity index (χ1v) is 7.52. The van der Waals surface area contributed by atoms with Crippen LogP contribution in [0.1, 0.15) is 11.1 Å². The molecule has 3 N–H and O–H groups in total. The normalized spacial score (nSPS) is 11.5. The van der Waals surface area contributed by atoms with Gasteiger partial charge in [0, 0.05) is 18.1 Å². The minimum Gasteiger partial charge on any atom is -0.370 e. The monoisotopic (exact) mass is 323 g/mol. The van der Waals surface area contributed by atoms with E-state index in [4.69, 9.17) is 5.73 Å². The van der Waals surface area contributed by atoms with Crippen LogP contribution in [0.15, 0.2) is 66.2 Å². The van der Waals surface area contributed by atoms with Crippen molar-refractivity contribution in [1.82, 2.24) is 9.55 Å². The zero-order valence-corrected chi connectivity index (χ0v) is 13.3. The smallest absolute Gasteiger partial charge is 0.193 e. The molecule has 5 nitrogen and oxygen atoms in total. The third-order valence-corrected chi connectivity index (χ3v) is 3.52. The first-order valence-electron chi connectivity index (χ1n) is 7.52. The molecular weight excluding hydrogens is 305 g/mol. The number of aromatic nitrogens is 2. The molecule has 6 heteroatoms. The molecule has 0 saturated heterocycles. The first-order chi connectivity index (χ1) is 11.6. The van der Waals surface area contributed by atoms with Crippen molar-refractivity contribution in [2.24, 2.45) is 10.7 Å². The molecule has 0 fully saturated rings. The highest BCUT2D eigenvalue weighted by atomic mass is 19.1. The number of nitrogens with zero attached hydrogens (tertiary/aromatic N) is 3. The van der Waals surface area contributed by atoms with Gasteiger partial charge in [-0.2, -0.15) is 0 Å². The van der Waals surface area contributed by atoms with Crippen molar-refractivity contribution in [2.45, 2.75) is 13.5 Å². The molecule has 0 bridgehead atoms. The van der Waals surface area contributed by atoms with E-state index in [0.717, 1.165) is 16.8 Å². The van der Waals surface area contributed by atoms with Crippen LogP contribution in [0.3, 0.4) is 0 Å². The molecule has 0 atom stereocenters. The summed E-state index contributed by atoms with van der Waals surface area (Å²) in [6.07, 6.45) is 4.86. The van der Waals surface area contributed by atoms with Crippen LogP contribution in [-0.4, -0.2) is 15.5 Å². The fourth-order valence-corrected chi connectivity index (χ4v) is 2.35. The molecular formula is C18H18FN5. The van der Waals surface area contributed by atoms with Gasteiger partial charge in [-0.1, -0.05) is 18.2 Å². The maximum Gasteiger partial charge on any atom is 0.193 e. The number of guanidine groups is 1. The molecule has 0 spiro atoms. The number of hydrogen-bond acceptors (Lipinski definition) is 2. The Morgan fingerprint density at radius 2 is 2.17 bits per heavy atom. The third-order valence-electron chi connectivity index (χ3n) is 3.52. The van der Waals surface area contributed by atoms with Crippen LogP contribution in [0.5, 0.6) is 0 Å². The molecule has 3 aromatic rings. The van der Waals surface area contributed by atoms with Crippen molar-refractivity contribution in [3.05, 3.63) is 78.1 Å². The Hall–Kier alpha value is -3.15. The lowest BCUT2D eigenvalue weighted by molar-refractivity contribution is 0.616. The second kappa shape index (κ2) is 6.95. The minimum absolute atomic E-state index is 0.291. The van der Waals surface area contributed by atoms with E-state index in [9.17, 15) is 4.39 Å². The Morgan fingerprint density at radius 1 is 1.29 bits per heavy atom. The van der Waals surface area contributed by atoms with Gasteiger partial charge in [-0.3, -0.25) is 0 Å². The van der Waals surface area contributed by atoms with Crippen molar-refractivity contribution in [3.8, 4) is 5.69 Å². The van der Waals surface area contributed by atoms with Gasteiger partial charge in [-0.15, -0.1) is 0 Å². The lowest BCUT2D eigenvalue weighted by Gasteiger charge is -2.08. The van der Waals surface area contributed by atoms with E-state index in [0.29, 0.717) is 18.2 Å². The van der Waals surface area contributed by atoms with E-state index in [-0.39, 0.29) is 5.82 Å². The van der Waals surface area contributed by atoms with Crippen LogP contribution in [0.4, 0.5) is 10.1 Å². The number of hydrogen-bond donors (Lipinski definition) is 2. The van der Waals surface area contributed by atoms with Gasteiger partial charge in [-0.25, -0.2) is 14.4 Å². The summed E-state index contributed by atoms with van der Waals surface area (Å²) in [4.78, 5) is 8.17. The highest BCUT2D eigenvalue weighted by molar-refractivity contribution is 5.92. The number of nitrogens with two attached hydrogens (primary N) is 1. The van der Waals surface area contributed by atoms with Gasteiger partial charge in [-0.05, 0) is 42.3 Å². The van der Waals surface area contributed by atoms with E-state index < -0.39 is 0 Å². The summed E-state index contributed by atoms with van der Waals surface area (Å²) >= 11 is 0. The molecule has 0 aliphatic heterocycles. The van der Waals surface area contributed by atoms with Crippen LogP contribution in [-0.2, 0) is 6.54 Å². The largest absolute Gasteiger partial charge is 0.370 e. The van der Waals surface area contributed by atoms with Crippen molar-refractivity contribution >= 4 is 11.6 Å². The molecule has 0 amide bonds. The number of aryl methyl sites for hydroxylation is 1. The summed E-state index contributed by atoms with van der Waals surface area (Å²) in [7, 11) is 0. The van der Waals surface area contributed by atoms with Crippen LogP contribution in [0.25, 0.3) is 5.69 Å². The molecule has 0 aliphatic carbocycles. The number of benzene rings is 2. The summed E-state index contributed by atoms with van der Waals surface area (Å²) in [5, 5.41) is 3.02. The zero-order valence-electron chi connectivity index (χ0n) is 13.3. The lowest BCUT2D eigenvalue weighted by Crippen LogP contribution is -2.22. The van der Waals surface area contributed by atoms with Gasteiger partial charge < -0.3 is 15.6 Å². The molecule has 2 aromatic carbocycles. The number of aliphatic imine (C=N–C) groups is 1. The molecule has 0 radical (unpaired) electrons. The Morgan fingerprint density at radius 3 is 2.88 bits per heavy atom. The van der Waals surface area contributed by atoms with Crippen LogP contribution in [0, 0.1) is 12.7 Å². The molecule has 0 aliphatic rings. The maximum absolute atomic E-state index is 14.2. The molecule has 0 unspecified atom stereocenters. The number of rotatable bonds is 4. The summed E-state index contributed by atoms with van der Waals surface area (Å²) in [5.74, 6) is -0.0365. The fourth-order valence-electron chi connectivity index (χ4n) is 2.35. The van der Waals surface area contributed by atoms with Crippen molar-refractivity contribution in [1.29, 1.82) is 0 Å². The SMILES string of the molecule is Cc1cccc(NC(N)=NCc2ccc(-n3ccnc3)c(F)c2)c1. The number of anilines is 1. The topological polar surface area (TPSA) is 68.2 Å². The summed E-state index contributed by atoms with van der Waals surface area (Å²) < 4.78 is 15.8. The van der Waals surface area contributed by atoms with Crippen LogP contribution >= 0.6 is 0 Å². The fraction of sp³-hybridized carbons (Fsp3) is 0.111. The second-order valence-corrected chi connectivity index (χ2v) is 5.45.